The molecular weight excluding hydrogens is 410 g/mol. The molecule has 3 heterocycles. The van der Waals surface area contributed by atoms with Crippen LogP contribution in [0.4, 0.5) is 0 Å². The van der Waals surface area contributed by atoms with Crippen molar-refractivity contribution in [1.82, 2.24) is 14.7 Å². The molecule has 4 rings (SSSR count). The van der Waals surface area contributed by atoms with Crippen LogP contribution in [-0.4, -0.2) is 92.7 Å². The summed E-state index contributed by atoms with van der Waals surface area (Å²) in [5.74, 6) is 2.02. The first kappa shape index (κ1) is 22.5. The molecule has 0 atom stereocenters. The van der Waals surface area contributed by atoms with E-state index >= 15 is 0 Å². The third-order valence-electron chi connectivity index (χ3n) is 6.27. The molecule has 3 aliphatic heterocycles. The predicted molar refractivity (Wildman–Crippen MR) is 121 cm³/mol. The summed E-state index contributed by atoms with van der Waals surface area (Å²) in [4.78, 5) is 31.3. The Morgan fingerprint density at radius 1 is 0.938 bits per heavy atom. The van der Waals surface area contributed by atoms with Crippen LogP contribution in [0.2, 0.25) is 0 Å². The van der Waals surface area contributed by atoms with Gasteiger partial charge in [-0.25, -0.2) is 0 Å². The van der Waals surface area contributed by atoms with Crippen molar-refractivity contribution in [1.29, 1.82) is 0 Å². The van der Waals surface area contributed by atoms with Crippen molar-refractivity contribution in [2.75, 3.05) is 66.1 Å². The normalized spacial score (nSPS) is 19.7. The van der Waals surface area contributed by atoms with Crippen LogP contribution in [0.5, 0.6) is 17.2 Å². The Bertz CT molecular complexity index is 823. The maximum Gasteiger partial charge on any atom is 0.246 e. The smallest absolute Gasteiger partial charge is 0.246 e. The fourth-order valence-corrected chi connectivity index (χ4v) is 4.40. The second kappa shape index (κ2) is 10.7. The fraction of sp³-hybridized carbons (Fsp3) is 0.583. The van der Waals surface area contributed by atoms with Crippen molar-refractivity contribution < 1.29 is 23.8 Å². The van der Waals surface area contributed by atoms with Crippen molar-refractivity contribution in [3.63, 3.8) is 0 Å². The Morgan fingerprint density at radius 3 is 2.38 bits per heavy atom. The lowest BCUT2D eigenvalue weighted by Gasteiger charge is -2.35. The molecule has 0 aromatic heterocycles. The van der Waals surface area contributed by atoms with E-state index in [1.54, 1.807) is 19.3 Å². The van der Waals surface area contributed by atoms with Crippen LogP contribution in [0, 0.1) is 0 Å². The number of hydrogen-bond donors (Lipinski definition) is 0. The molecule has 0 aliphatic carbocycles. The van der Waals surface area contributed by atoms with Crippen LogP contribution >= 0.6 is 0 Å². The van der Waals surface area contributed by atoms with E-state index in [9.17, 15) is 9.59 Å². The van der Waals surface area contributed by atoms with Gasteiger partial charge in [0.2, 0.25) is 17.6 Å². The Hall–Kier alpha value is -2.74. The van der Waals surface area contributed by atoms with Gasteiger partial charge < -0.3 is 24.0 Å². The van der Waals surface area contributed by atoms with Crippen LogP contribution in [0.15, 0.2) is 18.2 Å². The van der Waals surface area contributed by atoms with Gasteiger partial charge in [-0.3, -0.25) is 14.5 Å². The number of amides is 2. The van der Waals surface area contributed by atoms with Gasteiger partial charge in [-0.15, -0.1) is 0 Å². The topological polar surface area (TPSA) is 71.6 Å². The van der Waals surface area contributed by atoms with Gasteiger partial charge in [0.15, 0.2) is 11.5 Å². The summed E-state index contributed by atoms with van der Waals surface area (Å²) >= 11 is 0. The number of rotatable bonds is 5. The molecule has 0 bridgehead atoms. The maximum absolute atomic E-state index is 12.7. The van der Waals surface area contributed by atoms with E-state index in [4.69, 9.17) is 14.2 Å². The molecule has 1 aromatic carbocycles. The van der Waals surface area contributed by atoms with Gasteiger partial charge >= 0.3 is 0 Å². The molecule has 0 unspecified atom stereocenters. The van der Waals surface area contributed by atoms with Crippen LogP contribution in [0.3, 0.4) is 0 Å². The van der Waals surface area contributed by atoms with Gasteiger partial charge in [0.05, 0.1) is 13.7 Å². The molecule has 0 N–H and O–H groups in total. The molecule has 0 radical (unpaired) electrons. The van der Waals surface area contributed by atoms with E-state index < -0.39 is 0 Å². The van der Waals surface area contributed by atoms with Crippen LogP contribution in [-0.2, 0) is 9.59 Å². The van der Waals surface area contributed by atoms with Gasteiger partial charge in [0, 0.05) is 45.3 Å². The summed E-state index contributed by atoms with van der Waals surface area (Å²) < 4.78 is 16.7. The molecule has 0 spiro atoms. The van der Waals surface area contributed by atoms with Crippen molar-refractivity contribution in [3.8, 4) is 17.2 Å². The molecule has 2 saturated heterocycles. The molecule has 2 fully saturated rings. The second-order valence-corrected chi connectivity index (χ2v) is 8.48. The molecule has 32 heavy (non-hydrogen) atoms. The van der Waals surface area contributed by atoms with Crippen LogP contribution in [0.1, 0.15) is 31.2 Å². The SMILES string of the molecule is COc1cc(/C=C/C(=O)N2CCN(CC(=O)N3CCCCCC3)CC2)cc2c1OCCO2. The minimum absolute atomic E-state index is 0.0302. The molecule has 2 amide bonds. The third-order valence-corrected chi connectivity index (χ3v) is 6.27. The number of carbonyl (C=O) groups excluding carboxylic acids is 2. The summed E-state index contributed by atoms with van der Waals surface area (Å²) in [5, 5.41) is 0. The Morgan fingerprint density at radius 2 is 1.66 bits per heavy atom. The fourth-order valence-electron chi connectivity index (χ4n) is 4.40. The summed E-state index contributed by atoms with van der Waals surface area (Å²) in [6.07, 6.45) is 8.01. The van der Waals surface area contributed by atoms with E-state index in [1.165, 1.54) is 12.8 Å². The maximum atomic E-state index is 12.7. The van der Waals surface area contributed by atoms with Gasteiger partial charge in [-0.1, -0.05) is 12.8 Å². The quantitative estimate of drug-likeness (QED) is 0.649. The van der Waals surface area contributed by atoms with E-state index in [0.29, 0.717) is 50.1 Å². The number of likely N-dealkylation sites (tertiary alicyclic amines) is 1. The van der Waals surface area contributed by atoms with E-state index in [1.807, 2.05) is 21.9 Å². The first-order chi connectivity index (χ1) is 15.6. The van der Waals surface area contributed by atoms with E-state index in [-0.39, 0.29) is 11.8 Å². The first-order valence-electron chi connectivity index (χ1n) is 11.6. The number of piperazine rings is 1. The lowest BCUT2D eigenvalue weighted by molar-refractivity contribution is -0.133. The standard InChI is InChI=1S/C24H33N3O5/c1-30-20-16-19(17-21-24(20)32-15-14-31-21)6-7-22(28)27-12-10-25(11-13-27)18-23(29)26-8-4-2-3-5-9-26/h6-7,16-17H,2-5,8-15,18H2,1H3/b7-6+. The number of carbonyl (C=O) groups is 2. The molecule has 174 valence electrons. The van der Waals surface area contributed by atoms with Crippen LogP contribution in [0.25, 0.3) is 6.08 Å². The van der Waals surface area contributed by atoms with Crippen molar-refractivity contribution in [2.45, 2.75) is 25.7 Å². The third kappa shape index (κ3) is 5.54. The first-order valence-corrected chi connectivity index (χ1v) is 11.6. The molecule has 1 aromatic rings. The molecular formula is C24H33N3O5. The minimum atomic E-state index is -0.0302. The number of benzene rings is 1. The van der Waals surface area contributed by atoms with Crippen LogP contribution < -0.4 is 14.2 Å². The summed E-state index contributed by atoms with van der Waals surface area (Å²) in [6, 6.07) is 3.69. The Kier molecular flexibility index (Phi) is 7.52. The van der Waals surface area contributed by atoms with Gasteiger partial charge in [-0.05, 0) is 36.6 Å². The molecule has 8 heteroatoms. The predicted octanol–water partition coefficient (Wildman–Crippen LogP) is 2.03. The monoisotopic (exact) mass is 443 g/mol. The van der Waals surface area contributed by atoms with Crippen molar-refractivity contribution in [2.24, 2.45) is 0 Å². The number of methoxy groups -OCH3 is 1. The zero-order valence-electron chi connectivity index (χ0n) is 18.9. The summed E-state index contributed by atoms with van der Waals surface area (Å²) in [5.41, 5.74) is 0.820. The van der Waals surface area contributed by atoms with Crippen molar-refractivity contribution >= 4 is 17.9 Å². The highest BCUT2D eigenvalue weighted by Gasteiger charge is 2.24. The lowest BCUT2D eigenvalue weighted by Crippen LogP contribution is -2.51. The highest BCUT2D eigenvalue weighted by molar-refractivity contribution is 5.92. The van der Waals surface area contributed by atoms with E-state index in [2.05, 4.69) is 4.90 Å². The number of fused-ring (bicyclic) bond motifs is 1. The number of nitrogens with zero attached hydrogens (tertiary/aromatic N) is 3. The Labute approximate surface area is 189 Å². The zero-order chi connectivity index (χ0) is 22.3. The van der Waals surface area contributed by atoms with Gasteiger partial charge in [0.1, 0.15) is 13.2 Å². The second-order valence-electron chi connectivity index (χ2n) is 8.48. The minimum Gasteiger partial charge on any atom is -0.493 e. The van der Waals surface area contributed by atoms with E-state index in [0.717, 1.165) is 44.6 Å². The largest absolute Gasteiger partial charge is 0.493 e. The number of ether oxygens (including phenoxy) is 3. The van der Waals surface area contributed by atoms with Gasteiger partial charge in [0.25, 0.3) is 0 Å². The lowest BCUT2D eigenvalue weighted by atomic mass is 10.1. The number of hydrogen-bond acceptors (Lipinski definition) is 6. The molecule has 8 nitrogen and oxygen atoms in total. The summed E-state index contributed by atoms with van der Waals surface area (Å²) in [7, 11) is 1.59. The van der Waals surface area contributed by atoms with Crippen molar-refractivity contribution in [3.05, 3.63) is 23.8 Å². The highest BCUT2D eigenvalue weighted by Crippen LogP contribution is 2.40. The average molecular weight is 444 g/mol. The molecule has 0 saturated carbocycles. The summed E-state index contributed by atoms with van der Waals surface area (Å²) in [6.45, 7) is 5.89. The van der Waals surface area contributed by atoms with Gasteiger partial charge in [-0.2, -0.15) is 0 Å². The Balaban J connectivity index is 1.28. The highest BCUT2D eigenvalue weighted by atomic mass is 16.6. The molecule has 3 aliphatic rings. The average Bonchev–Trinajstić information content (AvgIpc) is 3.12. The zero-order valence-corrected chi connectivity index (χ0v) is 18.9.